The van der Waals surface area contributed by atoms with Crippen molar-refractivity contribution in [2.45, 2.75) is 84.0 Å². The Bertz CT molecular complexity index is 1430. The van der Waals surface area contributed by atoms with E-state index in [0.29, 0.717) is 23.4 Å². The van der Waals surface area contributed by atoms with Crippen LogP contribution in [0.15, 0.2) is 48.5 Å². The molecule has 2 fully saturated rings. The van der Waals surface area contributed by atoms with Gasteiger partial charge in [0, 0.05) is 37.7 Å². The van der Waals surface area contributed by atoms with Gasteiger partial charge < -0.3 is 31.1 Å². The molecule has 12 heteroatoms. The molecule has 4 rings (SSSR count). The fourth-order valence-corrected chi connectivity index (χ4v) is 6.26. The number of rotatable bonds is 7. The predicted molar refractivity (Wildman–Crippen MR) is 182 cm³/mol. The highest BCUT2D eigenvalue weighted by Crippen LogP contribution is 2.30. The predicted octanol–water partition coefficient (Wildman–Crippen LogP) is 3.05. The second-order valence-electron chi connectivity index (χ2n) is 12.9. The average molecular weight is 667 g/mol. The molecule has 2 aliphatic heterocycles. The first kappa shape index (κ1) is 35.7. The maximum atomic E-state index is 13.9. The molecule has 0 saturated carbocycles. The van der Waals surface area contributed by atoms with Crippen LogP contribution in [0, 0.1) is 5.92 Å². The molecule has 0 unspecified atom stereocenters. The molecule has 2 saturated heterocycles. The Morgan fingerprint density at radius 1 is 0.894 bits per heavy atom. The number of carbonyl (C=O) groups is 5. The van der Waals surface area contributed by atoms with Crippen molar-refractivity contribution < 1.29 is 24.0 Å². The molecule has 2 heterocycles. The minimum absolute atomic E-state index is 0.0164. The Kier molecular flexibility index (Phi) is 12.6. The first-order chi connectivity index (χ1) is 22.4. The maximum absolute atomic E-state index is 13.9. The van der Waals surface area contributed by atoms with Gasteiger partial charge >= 0.3 is 0 Å². The molecule has 11 nitrogen and oxygen atoms in total. The van der Waals surface area contributed by atoms with Gasteiger partial charge in [0.15, 0.2) is 0 Å². The third kappa shape index (κ3) is 9.93. The van der Waals surface area contributed by atoms with Crippen molar-refractivity contribution in [2.75, 3.05) is 31.1 Å². The largest absolute Gasteiger partial charge is 0.370 e. The second-order valence-corrected chi connectivity index (χ2v) is 13.3. The van der Waals surface area contributed by atoms with E-state index in [1.54, 1.807) is 12.1 Å². The number of hydrogen-bond acceptors (Lipinski definition) is 6. The summed E-state index contributed by atoms with van der Waals surface area (Å²) in [6.45, 7) is 8.71. The minimum atomic E-state index is -0.983. The maximum Gasteiger partial charge on any atom is 0.254 e. The summed E-state index contributed by atoms with van der Waals surface area (Å²) in [6.07, 6.45) is 3.16. The smallest absolute Gasteiger partial charge is 0.254 e. The Balaban J connectivity index is 1.65. The van der Waals surface area contributed by atoms with Crippen LogP contribution in [0.2, 0.25) is 5.02 Å². The normalized spacial score (nSPS) is 23.4. The molecule has 2 aromatic rings. The molecule has 2 aliphatic rings. The molecule has 0 aliphatic carbocycles. The Morgan fingerprint density at radius 3 is 2.19 bits per heavy atom. The molecule has 47 heavy (non-hydrogen) atoms. The second kappa shape index (κ2) is 16.6. The van der Waals surface area contributed by atoms with Crippen LogP contribution in [0.1, 0.15) is 69.3 Å². The number of anilines is 1. The van der Waals surface area contributed by atoms with Crippen molar-refractivity contribution in [3.63, 3.8) is 0 Å². The van der Waals surface area contributed by atoms with Crippen LogP contribution in [0.5, 0.6) is 0 Å². The molecule has 0 radical (unpaired) electrons. The fraction of sp³-hybridized carbons (Fsp3) is 0.514. The van der Waals surface area contributed by atoms with Crippen LogP contribution in [-0.2, 0) is 25.6 Å². The zero-order chi connectivity index (χ0) is 34.1. The van der Waals surface area contributed by atoms with Crippen LogP contribution in [0.4, 0.5) is 5.69 Å². The van der Waals surface area contributed by atoms with Gasteiger partial charge in [0.25, 0.3) is 5.91 Å². The quantitative estimate of drug-likeness (QED) is 0.358. The van der Waals surface area contributed by atoms with E-state index in [1.807, 2.05) is 57.2 Å². The highest BCUT2D eigenvalue weighted by molar-refractivity contribution is 6.33. The summed E-state index contributed by atoms with van der Waals surface area (Å²) in [4.78, 5) is 71.3. The first-order valence-corrected chi connectivity index (χ1v) is 16.9. The van der Waals surface area contributed by atoms with Gasteiger partial charge in [-0.05, 0) is 62.3 Å². The van der Waals surface area contributed by atoms with Crippen LogP contribution >= 0.6 is 11.6 Å². The van der Waals surface area contributed by atoms with E-state index in [2.05, 4.69) is 26.2 Å². The highest BCUT2D eigenvalue weighted by atomic mass is 35.5. The molecule has 4 N–H and O–H groups in total. The zero-order valence-electron chi connectivity index (χ0n) is 27.7. The summed E-state index contributed by atoms with van der Waals surface area (Å²) >= 11 is 6.64. The lowest BCUT2D eigenvalue weighted by Crippen LogP contribution is -2.57. The average Bonchev–Trinajstić information content (AvgIpc) is 3.57. The van der Waals surface area contributed by atoms with Crippen molar-refractivity contribution >= 4 is 46.8 Å². The lowest BCUT2D eigenvalue weighted by Gasteiger charge is -2.29. The number of benzene rings is 2. The molecule has 254 valence electrons. The number of nitrogens with zero attached hydrogens (tertiary/aromatic N) is 2. The van der Waals surface area contributed by atoms with E-state index < -0.39 is 53.7 Å². The van der Waals surface area contributed by atoms with Crippen molar-refractivity contribution in [3.8, 4) is 0 Å². The summed E-state index contributed by atoms with van der Waals surface area (Å²) in [6, 6.07) is 11.1. The lowest BCUT2D eigenvalue weighted by molar-refractivity contribution is -0.133. The molecule has 0 aromatic heterocycles. The minimum Gasteiger partial charge on any atom is -0.370 e. The van der Waals surface area contributed by atoms with Crippen LogP contribution in [0.25, 0.3) is 0 Å². The van der Waals surface area contributed by atoms with Crippen molar-refractivity contribution in [2.24, 2.45) is 5.92 Å². The van der Waals surface area contributed by atoms with E-state index >= 15 is 0 Å². The van der Waals surface area contributed by atoms with Gasteiger partial charge in [-0.2, -0.15) is 0 Å². The highest BCUT2D eigenvalue weighted by Gasteiger charge is 2.32. The molecule has 0 spiro atoms. The number of nitrogens with one attached hydrogen (secondary N) is 4. The van der Waals surface area contributed by atoms with E-state index in [-0.39, 0.29) is 25.4 Å². The first-order valence-electron chi connectivity index (χ1n) is 16.5. The Labute approximate surface area is 282 Å². The van der Waals surface area contributed by atoms with Crippen molar-refractivity contribution in [1.82, 2.24) is 26.2 Å². The third-order valence-electron chi connectivity index (χ3n) is 8.57. The number of carbonyl (C=O) groups excluding carboxylic acids is 5. The van der Waals surface area contributed by atoms with Crippen molar-refractivity contribution in [3.05, 3.63) is 64.7 Å². The summed E-state index contributed by atoms with van der Waals surface area (Å²) in [7, 11) is 0. The van der Waals surface area contributed by atoms with Gasteiger partial charge in [0.2, 0.25) is 23.6 Å². The van der Waals surface area contributed by atoms with Crippen LogP contribution in [0.3, 0.4) is 0 Å². The summed E-state index contributed by atoms with van der Waals surface area (Å²) in [5.41, 5.74) is 2.01. The summed E-state index contributed by atoms with van der Waals surface area (Å²) in [5.74, 6) is -2.40. The van der Waals surface area contributed by atoms with Gasteiger partial charge in [-0.25, -0.2) is 0 Å². The number of halogens is 1. The van der Waals surface area contributed by atoms with Gasteiger partial charge in [-0.1, -0.05) is 62.7 Å². The standard InChI is InChI=1S/C35H47ClN6O5/c1-5-26-20-42(35(47)25-13-14-30(27(36)19-25)41-15-9-10-16-41)21-31(43)37-23(4)32(44)39-28(17-22(2)3)34(46)40-29(33(45)38-26)18-24-11-7-6-8-12-24/h6-8,11-14,19,22-23,26,28-29H,5,9-10,15-18,20-21H2,1-4H3,(H,37,43)(H,38,45)(H,39,44)(H,40,46)/t23-,26+,28+,29+/m1/s1. The third-order valence-corrected chi connectivity index (χ3v) is 8.87. The summed E-state index contributed by atoms with van der Waals surface area (Å²) in [5, 5.41) is 11.7. The van der Waals surface area contributed by atoms with E-state index in [9.17, 15) is 24.0 Å². The fourth-order valence-electron chi connectivity index (χ4n) is 5.96. The number of amides is 5. The summed E-state index contributed by atoms with van der Waals surface area (Å²) < 4.78 is 0. The Morgan fingerprint density at radius 2 is 1.55 bits per heavy atom. The topological polar surface area (TPSA) is 140 Å². The van der Waals surface area contributed by atoms with Crippen molar-refractivity contribution in [1.29, 1.82) is 0 Å². The van der Waals surface area contributed by atoms with Gasteiger partial charge in [-0.3, -0.25) is 24.0 Å². The molecular weight excluding hydrogens is 620 g/mol. The van der Waals surface area contributed by atoms with Gasteiger partial charge in [0.05, 0.1) is 17.3 Å². The van der Waals surface area contributed by atoms with Crippen LogP contribution < -0.4 is 26.2 Å². The molecule has 4 atom stereocenters. The van der Waals surface area contributed by atoms with E-state index in [0.717, 1.165) is 37.2 Å². The molecular formula is C35H47ClN6O5. The lowest BCUT2D eigenvalue weighted by atomic mass is 10.0. The van der Waals surface area contributed by atoms with Crippen LogP contribution in [-0.4, -0.2) is 84.8 Å². The molecule has 5 amide bonds. The molecule has 2 aromatic carbocycles. The monoisotopic (exact) mass is 666 g/mol. The van der Waals surface area contributed by atoms with Gasteiger partial charge in [0.1, 0.15) is 18.1 Å². The number of hydrogen-bond donors (Lipinski definition) is 4. The molecule has 0 bridgehead atoms. The van der Waals surface area contributed by atoms with E-state index in [1.165, 1.54) is 11.8 Å². The zero-order valence-corrected chi connectivity index (χ0v) is 28.4. The Hall–Kier alpha value is -4.12. The van der Waals surface area contributed by atoms with E-state index in [4.69, 9.17) is 11.6 Å². The SMILES string of the molecule is CC[C@H]1CN(C(=O)c2ccc(N3CCCC3)c(Cl)c2)CC(=O)N[C@H](C)C(=O)N[C@@H](CC(C)C)C(=O)N[C@@H](Cc2ccccc2)C(=O)N1. The van der Waals surface area contributed by atoms with Gasteiger partial charge in [-0.15, -0.1) is 0 Å².